The number of carbonyl (C=O) groups is 1. The smallest absolute Gasteiger partial charge is 0.336 e. The molecule has 0 heterocycles. The van der Waals surface area contributed by atoms with Gasteiger partial charge in [0.05, 0.1) is 5.56 Å². The van der Waals surface area contributed by atoms with Gasteiger partial charge in [0.25, 0.3) is 0 Å². The van der Waals surface area contributed by atoms with Crippen molar-refractivity contribution < 1.29 is 20.1 Å². The third-order valence-electron chi connectivity index (χ3n) is 3.71. The number of aryl methyl sites for hydroxylation is 2. The van der Waals surface area contributed by atoms with Crippen molar-refractivity contribution >= 4 is 11.7 Å². The highest BCUT2D eigenvalue weighted by molar-refractivity contribution is 5.90. The summed E-state index contributed by atoms with van der Waals surface area (Å²) in [5, 5.41) is 31.4. The Balaban J connectivity index is 2.16. The van der Waals surface area contributed by atoms with Crippen molar-refractivity contribution in [3.8, 4) is 0 Å². The lowest BCUT2D eigenvalue weighted by Crippen LogP contribution is -2.16. The first-order valence-corrected chi connectivity index (χ1v) is 7.50. The molecule has 0 saturated carbocycles. The summed E-state index contributed by atoms with van der Waals surface area (Å²) in [4.78, 5) is 11.3. The number of hydrogen-bond donors (Lipinski definition) is 4. The number of aliphatic hydroxyl groups is 2. The van der Waals surface area contributed by atoms with E-state index >= 15 is 0 Å². The van der Waals surface area contributed by atoms with Crippen LogP contribution in [0.1, 0.15) is 39.7 Å². The van der Waals surface area contributed by atoms with Crippen LogP contribution in [0.3, 0.4) is 0 Å². The van der Waals surface area contributed by atoms with E-state index in [0.717, 1.165) is 12.0 Å². The van der Waals surface area contributed by atoms with Gasteiger partial charge in [-0.2, -0.15) is 0 Å². The fourth-order valence-corrected chi connectivity index (χ4v) is 2.51. The minimum absolute atomic E-state index is 0.0876. The Kier molecular flexibility index (Phi) is 5.73. The largest absolute Gasteiger partial charge is 0.478 e. The minimum Gasteiger partial charge on any atom is -0.478 e. The summed E-state index contributed by atoms with van der Waals surface area (Å²) in [6, 6.07) is 12.4. The highest BCUT2D eigenvalue weighted by Crippen LogP contribution is 2.24. The second-order valence-corrected chi connectivity index (χ2v) is 5.41. The fourth-order valence-electron chi connectivity index (χ4n) is 2.51. The normalized spacial score (nSPS) is 12.0. The van der Waals surface area contributed by atoms with Crippen molar-refractivity contribution in [1.29, 1.82) is 0 Å². The van der Waals surface area contributed by atoms with Crippen molar-refractivity contribution in [2.24, 2.45) is 0 Å². The Hall–Kier alpha value is -2.37. The van der Waals surface area contributed by atoms with Gasteiger partial charge in [0.2, 0.25) is 0 Å². The van der Waals surface area contributed by atoms with Gasteiger partial charge in [-0.05, 0) is 49.1 Å². The lowest BCUT2D eigenvalue weighted by Gasteiger charge is -2.19. The maximum Gasteiger partial charge on any atom is 0.336 e. The number of anilines is 1. The predicted molar refractivity (Wildman–Crippen MR) is 88.6 cm³/mol. The summed E-state index contributed by atoms with van der Waals surface area (Å²) in [6.45, 7) is 1.93. The number of carboxylic acids is 1. The van der Waals surface area contributed by atoms with Gasteiger partial charge in [0.15, 0.2) is 6.23 Å². The molecule has 23 heavy (non-hydrogen) atoms. The Morgan fingerprint density at radius 2 is 1.87 bits per heavy atom. The highest BCUT2D eigenvalue weighted by atomic mass is 16.4. The lowest BCUT2D eigenvalue weighted by molar-refractivity contribution is 0.0690. The molecule has 0 fully saturated rings. The molecule has 2 aromatic carbocycles. The number of rotatable bonds is 7. The van der Waals surface area contributed by atoms with Crippen LogP contribution in [0.5, 0.6) is 0 Å². The molecule has 4 N–H and O–H groups in total. The maximum absolute atomic E-state index is 11.3. The molecule has 0 bridgehead atoms. The van der Waals surface area contributed by atoms with Crippen LogP contribution in [0.15, 0.2) is 42.5 Å². The summed E-state index contributed by atoms with van der Waals surface area (Å²) in [5.41, 5.74) is 2.96. The van der Waals surface area contributed by atoms with E-state index in [0.29, 0.717) is 23.2 Å². The van der Waals surface area contributed by atoms with Gasteiger partial charge in [0.1, 0.15) is 0 Å². The molecule has 0 radical (unpaired) electrons. The van der Waals surface area contributed by atoms with Crippen LogP contribution in [0.25, 0.3) is 0 Å². The first kappa shape index (κ1) is 17.0. The second-order valence-electron chi connectivity index (χ2n) is 5.41. The van der Waals surface area contributed by atoms with E-state index in [9.17, 15) is 15.0 Å². The number of aromatic carboxylic acids is 1. The van der Waals surface area contributed by atoms with Gasteiger partial charge in [-0.15, -0.1) is 0 Å². The number of benzene rings is 2. The molecule has 5 nitrogen and oxygen atoms in total. The number of hydrogen-bond acceptors (Lipinski definition) is 4. The van der Waals surface area contributed by atoms with E-state index < -0.39 is 12.2 Å². The number of aliphatic hydroxyl groups excluding tert-OH is 2. The Labute approximate surface area is 135 Å². The average Bonchev–Trinajstić information content (AvgIpc) is 2.53. The van der Waals surface area contributed by atoms with Crippen LogP contribution < -0.4 is 5.32 Å². The van der Waals surface area contributed by atoms with E-state index in [4.69, 9.17) is 5.11 Å². The van der Waals surface area contributed by atoms with Crippen molar-refractivity contribution in [3.63, 3.8) is 0 Å². The molecule has 0 amide bonds. The molecule has 0 aliphatic carbocycles. The third-order valence-corrected chi connectivity index (χ3v) is 3.71. The summed E-state index contributed by atoms with van der Waals surface area (Å²) in [7, 11) is 0. The molecular formula is C18H21NO4. The van der Waals surface area contributed by atoms with E-state index in [2.05, 4.69) is 5.32 Å². The van der Waals surface area contributed by atoms with Gasteiger partial charge in [-0.1, -0.05) is 24.3 Å². The fraction of sp³-hybridized carbons (Fsp3) is 0.278. The average molecular weight is 315 g/mol. The molecule has 1 atom stereocenters. The molecule has 1 unspecified atom stereocenters. The van der Waals surface area contributed by atoms with Gasteiger partial charge < -0.3 is 20.6 Å². The van der Waals surface area contributed by atoms with E-state index in [1.807, 2.05) is 24.3 Å². The SMILES string of the molecule is Cc1cccc(C(=O)O)c1C(O)Nc1ccc(CCCO)cc1. The zero-order chi connectivity index (χ0) is 16.8. The summed E-state index contributed by atoms with van der Waals surface area (Å²) >= 11 is 0. The van der Waals surface area contributed by atoms with Gasteiger partial charge in [0, 0.05) is 17.9 Å². The number of nitrogens with one attached hydrogen (secondary N) is 1. The van der Waals surface area contributed by atoms with E-state index in [-0.39, 0.29) is 12.2 Å². The molecule has 0 saturated heterocycles. The van der Waals surface area contributed by atoms with Crippen molar-refractivity contribution in [2.75, 3.05) is 11.9 Å². The zero-order valence-corrected chi connectivity index (χ0v) is 13.0. The topological polar surface area (TPSA) is 89.8 Å². The second kappa shape index (κ2) is 7.76. The molecule has 2 aromatic rings. The predicted octanol–water partition coefficient (Wildman–Crippen LogP) is 2.72. The lowest BCUT2D eigenvalue weighted by atomic mass is 10.00. The van der Waals surface area contributed by atoms with E-state index in [1.54, 1.807) is 19.1 Å². The molecule has 0 aliphatic heterocycles. The summed E-state index contributed by atoms with van der Waals surface area (Å²) in [6.07, 6.45) is 0.395. The molecular weight excluding hydrogens is 294 g/mol. The van der Waals surface area contributed by atoms with Crippen molar-refractivity contribution in [2.45, 2.75) is 26.0 Å². The van der Waals surface area contributed by atoms with Gasteiger partial charge in [-0.3, -0.25) is 0 Å². The highest BCUT2D eigenvalue weighted by Gasteiger charge is 2.19. The Bertz CT molecular complexity index is 667. The first-order chi connectivity index (χ1) is 11.0. The van der Waals surface area contributed by atoms with Crippen LogP contribution in [-0.2, 0) is 6.42 Å². The van der Waals surface area contributed by atoms with Crippen molar-refractivity contribution in [3.05, 3.63) is 64.7 Å². The minimum atomic E-state index is -1.11. The van der Waals surface area contributed by atoms with Crippen LogP contribution in [-0.4, -0.2) is 27.9 Å². The Morgan fingerprint density at radius 3 is 2.48 bits per heavy atom. The maximum atomic E-state index is 11.3. The van der Waals surface area contributed by atoms with Crippen LogP contribution in [0, 0.1) is 6.92 Å². The standard InChI is InChI=1S/C18H21NO4/c1-12-4-2-6-15(18(22)23)16(12)17(21)19-14-9-7-13(8-10-14)5-3-11-20/h2,4,6-10,17,19-21H,3,5,11H2,1H3,(H,22,23). The van der Waals surface area contributed by atoms with Crippen LogP contribution >= 0.6 is 0 Å². The Morgan fingerprint density at radius 1 is 1.17 bits per heavy atom. The molecule has 5 heteroatoms. The first-order valence-electron chi connectivity index (χ1n) is 7.50. The third kappa shape index (κ3) is 4.31. The molecule has 0 aliphatic rings. The number of carboxylic acid groups (broad SMARTS) is 1. The van der Waals surface area contributed by atoms with Crippen LogP contribution in [0.2, 0.25) is 0 Å². The zero-order valence-electron chi connectivity index (χ0n) is 13.0. The molecule has 2 rings (SSSR count). The van der Waals surface area contributed by atoms with E-state index in [1.165, 1.54) is 6.07 Å². The van der Waals surface area contributed by atoms with Crippen LogP contribution in [0.4, 0.5) is 5.69 Å². The van der Waals surface area contributed by atoms with Crippen molar-refractivity contribution in [1.82, 2.24) is 0 Å². The molecule has 0 spiro atoms. The summed E-state index contributed by atoms with van der Waals surface area (Å²) in [5.74, 6) is -1.07. The van der Waals surface area contributed by atoms with Gasteiger partial charge in [-0.25, -0.2) is 4.79 Å². The summed E-state index contributed by atoms with van der Waals surface area (Å²) < 4.78 is 0. The molecule has 122 valence electrons. The monoisotopic (exact) mass is 315 g/mol. The van der Waals surface area contributed by atoms with Gasteiger partial charge >= 0.3 is 5.97 Å². The quantitative estimate of drug-likeness (QED) is 0.590. The molecule has 0 aromatic heterocycles.